The Hall–Kier alpha value is -1.35. The molecule has 1 unspecified atom stereocenters. The van der Waals surface area contributed by atoms with E-state index in [9.17, 15) is 9.90 Å². The van der Waals surface area contributed by atoms with Crippen LogP contribution in [0.3, 0.4) is 0 Å². The second-order valence-corrected chi connectivity index (χ2v) is 6.04. The highest BCUT2D eigenvalue weighted by molar-refractivity contribution is 5.91. The third-order valence-corrected chi connectivity index (χ3v) is 4.46. The summed E-state index contributed by atoms with van der Waals surface area (Å²) in [7, 11) is 1.82. The van der Waals surface area contributed by atoms with Crippen molar-refractivity contribution in [2.75, 3.05) is 13.6 Å². The monoisotopic (exact) mass is 259 g/mol. The third-order valence-electron chi connectivity index (χ3n) is 4.46. The lowest BCUT2D eigenvalue weighted by Crippen LogP contribution is -2.41. The maximum atomic E-state index is 12.6. The van der Waals surface area contributed by atoms with Gasteiger partial charge in [0.15, 0.2) is 0 Å². The topological polar surface area (TPSA) is 40.5 Å². The van der Waals surface area contributed by atoms with Gasteiger partial charge in [-0.1, -0.05) is 30.3 Å². The highest BCUT2D eigenvalue weighted by atomic mass is 16.3. The number of carbonyl (C=O) groups is 1. The zero-order chi connectivity index (χ0) is 13.5. The standard InChI is InChI=1S/C16H21NO2/c1-17(11-14(18)12-7-8-12)15(19)16(9-10-16)13-5-3-2-4-6-13/h2-6,12,14,18H,7-11H2,1H3. The van der Waals surface area contributed by atoms with Gasteiger partial charge in [-0.15, -0.1) is 0 Å². The Labute approximate surface area is 114 Å². The molecule has 1 aromatic rings. The van der Waals surface area contributed by atoms with Gasteiger partial charge in [0, 0.05) is 13.6 Å². The van der Waals surface area contributed by atoms with E-state index in [1.807, 2.05) is 37.4 Å². The number of aliphatic hydroxyl groups is 1. The average Bonchev–Trinajstić information content (AvgIpc) is 3.31. The van der Waals surface area contributed by atoms with Crippen LogP contribution in [0.4, 0.5) is 0 Å². The molecule has 0 heterocycles. The van der Waals surface area contributed by atoms with E-state index in [1.165, 1.54) is 0 Å². The molecule has 0 spiro atoms. The average molecular weight is 259 g/mol. The number of carbonyl (C=O) groups excluding carboxylic acids is 1. The molecule has 0 aliphatic heterocycles. The first-order chi connectivity index (χ1) is 9.13. The molecular weight excluding hydrogens is 238 g/mol. The van der Waals surface area contributed by atoms with Crippen molar-refractivity contribution in [3.8, 4) is 0 Å². The molecule has 3 rings (SSSR count). The smallest absolute Gasteiger partial charge is 0.233 e. The highest BCUT2D eigenvalue weighted by Crippen LogP contribution is 2.49. The summed E-state index contributed by atoms with van der Waals surface area (Å²) in [5, 5.41) is 9.97. The van der Waals surface area contributed by atoms with Crippen LogP contribution in [0.15, 0.2) is 30.3 Å². The lowest BCUT2D eigenvalue weighted by Gasteiger charge is -2.26. The van der Waals surface area contributed by atoms with Gasteiger partial charge < -0.3 is 10.0 Å². The summed E-state index contributed by atoms with van der Waals surface area (Å²) in [4.78, 5) is 14.3. The van der Waals surface area contributed by atoms with Crippen molar-refractivity contribution in [3.63, 3.8) is 0 Å². The van der Waals surface area contributed by atoms with E-state index in [2.05, 4.69) is 0 Å². The Balaban J connectivity index is 1.69. The molecule has 102 valence electrons. The zero-order valence-corrected chi connectivity index (χ0v) is 11.4. The summed E-state index contributed by atoms with van der Waals surface area (Å²) in [6, 6.07) is 10.0. The van der Waals surface area contributed by atoms with Crippen molar-refractivity contribution in [2.24, 2.45) is 5.92 Å². The van der Waals surface area contributed by atoms with Crippen LogP contribution in [-0.2, 0) is 10.2 Å². The number of aliphatic hydroxyl groups excluding tert-OH is 1. The maximum Gasteiger partial charge on any atom is 0.233 e. The van der Waals surface area contributed by atoms with Crippen molar-refractivity contribution in [2.45, 2.75) is 37.2 Å². The van der Waals surface area contributed by atoms with Gasteiger partial charge in [0.05, 0.1) is 11.5 Å². The summed E-state index contributed by atoms with van der Waals surface area (Å²) in [6.45, 7) is 0.470. The van der Waals surface area contributed by atoms with Crippen LogP contribution in [0.25, 0.3) is 0 Å². The summed E-state index contributed by atoms with van der Waals surface area (Å²) >= 11 is 0. The molecule has 2 aliphatic rings. The Bertz CT molecular complexity index is 463. The van der Waals surface area contributed by atoms with E-state index in [-0.39, 0.29) is 17.4 Å². The number of rotatable bonds is 5. The lowest BCUT2D eigenvalue weighted by molar-refractivity contribution is -0.134. The van der Waals surface area contributed by atoms with Crippen LogP contribution in [0.2, 0.25) is 0 Å². The molecule has 2 aliphatic carbocycles. The normalized spacial score (nSPS) is 21.8. The Morgan fingerprint density at radius 3 is 2.53 bits per heavy atom. The van der Waals surface area contributed by atoms with Gasteiger partial charge in [-0.3, -0.25) is 4.79 Å². The molecule has 0 aromatic heterocycles. The number of hydrogen-bond acceptors (Lipinski definition) is 2. The Kier molecular flexibility index (Phi) is 3.09. The fourth-order valence-electron chi connectivity index (χ4n) is 2.87. The van der Waals surface area contributed by atoms with Crippen LogP contribution in [-0.4, -0.2) is 35.6 Å². The minimum Gasteiger partial charge on any atom is -0.391 e. The second kappa shape index (κ2) is 4.64. The largest absolute Gasteiger partial charge is 0.391 e. The molecule has 3 heteroatoms. The van der Waals surface area contributed by atoms with Gasteiger partial charge in [-0.2, -0.15) is 0 Å². The first kappa shape index (κ1) is 12.7. The summed E-state index contributed by atoms with van der Waals surface area (Å²) in [5.74, 6) is 0.584. The van der Waals surface area contributed by atoms with E-state index in [1.54, 1.807) is 4.90 Å². The molecule has 19 heavy (non-hydrogen) atoms. The van der Waals surface area contributed by atoms with E-state index in [0.717, 1.165) is 31.2 Å². The number of amides is 1. The first-order valence-corrected chi connectivity index (χ1v) is 7.13. The van der Waals surface area contributed by atoms with Gasteiger partial charge in [-0.25, -0.2) is 0 Å². The summed E-state index contributed by atoms with van der Waals surface area (Å²) in [6.07, 6.45) is 3.72. The molecule has 1 aromatic carbocycles. The van der Waals surface area contributed by atoms with Crippen molar-refractivity contribution in [1.82, 2.24) is 4.90 Å². The van der Waals surface area contributed by atoms with Gasteiger partial charge in [0.1, 0.15) is 0 Å². The van der Waals surface area contributed by atoms with Gasteiger partial charge in [-0.05, 0) is 37.2 Å². The number of likely N-dealkylation sites (N-methyl/N-ethyl adjacent to an activating group) is 1. The molecule has 1 amide bonds. The Morgan fingerprint density at radius 1 is 1.37 bits per heavy atom. The van der Waals surface area contributed by atoms with Crippen molar-refractivity contribution in [3.05, 3.63) is 35.9 Å². The fourth-order valence-corrected chi connectivity index (χ4v) is 2.87. The number of nitrogens with zero attached hydrogens (tertiary/aromatic N) is 1. The second-order valence-electron chi connectivity index (χ2n) is 6.04. The zero-order valence-electron chi connectivity index (χ0n) is 11.4. The number of hydrogen-bond donors (Lipinski definition) is 1. The summed E-state index contributed by atoms with van der Waals surface area (Å²) in [5.41, 5.74) is 0.812. The van der Waals surface area contributed by atoms with Crippen molar-refractivity contribution >= 4 is 5.91 Å². The minimum absolute atomic E-state index is 0.165. The molecule has 0 bridgehead atoms. The van der Waals surface area contributed by atoms with Crippen LogP contribution in [0.1, 0.15) is 31.2 Å². The molecule has 2 fully saturated rings. The molecule has 1 atom stereocenters. The third kappa shape index (κ3) is 2.39. The van der Waals surface area contributed by atoms with Crippen LogP contribution in [0.5, 0.6) is 0 Å². The quantitative estimate of drug-likeness (QED) is 0.878. The van der Waals surface area contributed by atoms with Crippen LogP contribution in [0, 0.1) is 5.92 Å². The van der Waals surface area contributed by atoms with Gasteiger partial charge in [0.2, 0.25) is 5.91 Å². The van der Waals surface area contributed by atoms with Crippen LogP contribution < -0.4 is 0 Å². The van der Waals surface area contributed by atoms with Gasteiger partial charge in [0.25, 0.3) is 0 Å². The lowest BCUT2D eigenvalue weighted by atomic mass is 9.94. The SMILES string of the molecule is CN(CC(O)C1CC1)C(=O)C1(c2ccccc2)CC1. The molecule has 3 nitrogen and oxygen atoms in total. The first-order valence-electron chi connectivity index (χ1n) is 7.13. The van der Waals surface area contributed by atoms with Crippen molar-refractivity contribution in [1.29, 1.82) is 0 Å². The molecular formula is C16H21NO2. The van der Waals surface area contributed by atoms with Gasteiger partial charge >= 0.3 is 0 Å². The fraction of sp³-hybridized carbons (Fsp3) is 0.562. The summed E-state index contributed by atoms with van der Waals surface area (Å²) < 4.78 is 0. The minimum atomic E-state index is -0.347. The number of benzene rings is 1. The van der Waals surface area contributed by atoms with E-state index in [4.69, 9.17) is 0 Å². The van der Waals surface area contributed by atoms with E-state index in [0.29, 0.717) is 12.5 Å². The van der Waals surface area contributed by atoms with Crippen molar-refractivity contribution < 1.29 is 9.90 Å². The predicted octanol–water partition coefficient (Wildman–Crippen LogP) is 1.95. The molecule has 0 saturated heterocycles. The maximum absolute atomic E-state index is 12.6. The molecule has 0 radical (unpaired) electrons. The van der Waals surface area contributed by atoms with E-state index < -0.39 is 0 Å². The molecule has 2 saturated carbocycles. The Morgan fingerprint density at radius 2 is 2.00 bits per heavy atom. The molecule has 1 N–H and O–H groups in total. The van der Waals surface area contributed by atoms with E-state index >= 15 is 0 Å². The highest BCUT2D eigenvalue weighted by Gasteiger charge is 2.52. The van der Waals surface area contributed by atoms with Crippen LogP contribution >= 0.6 is 0 Å². The predicted molar refractivity (Wildman–Crippen MR) is 73.7 cm³/mol.